The number of aryl methyl sites for hydroxylation is 1. The lowest BCUT2D eigenvalue weighted by Crippen LogP contribution is -2.45. The highest BCUT2D eigenvalue weighted by Gasteiger charge is 2.27. The molecule has 6 rings (SSSR count). The van der Waals surface area contributed by atoms with Gasteiger partial charge in [-0.05, 0) is 85.7 Å². The summed E-state index contributed by atoms with van der Waals surface area (Å²) in [6.45, 7) is 4.68. The lowest BCUT2D eigenvalue weighted by atomic mass is 9.98. The van der Waals surface area contributed by atoms with Crippen LogP contribution in [0, 0.1) is 12.8 Å². The predicted octanol–water partition coefficient (Wildman–Crippen LogP) is 5.34. The van der Waals surface area contributed by atoms with Crippen molar-refractivity contribution in [1.82, 2.24) is 9.47 Å². The van der Waals surface area contributed by atoms with Gasteiger partial charge in [0.1, 0.15) is 0 Å². The van der Waals surface area contributed by atoms with Gasteiger partial charge in [-0.3, -0.25) is 4.79 Å². The van der Waals surface area contributed by atoms with E-state index >= 15 is 0 Å². The Balaban J connectivity index is 1.48. The quantitative estimate of drug-likeness (QED) is 0.386. The molecule has 1 saturated carbocycles. The first-order valence-electron chi connectivity index (χ1n) is 12.8. The number of aromatic nitrogens is 1. The van der Waals surface area contributed by atoms with Crippen molar-refractivity contribution in [2.75, 3.05) is 19.7 Å². The number of aliphatic hydroxyl groups is 1. The van der Waals surface area contributed by atoms with E-state index in [0.29, 0.717) is 18.5 Å². The second-order valence-corrected chi connectivity index (χ2v) is 11.4. The van der Waals surface area contributed by atoms with Crippen LogP contribution in [0.5, 0.6) is 0 Å². The molecule has 1 unspecified atom stereocenters. The highest BCUT2D eigenvalue weighted by molar-refractivity contribution is 7.22. The number of piperidine rings is 1. The van der Waals surface area contributed by atoms with Crippen molar-refractivity contribution in [3.05, 3.63) is 59.2 Å². The SMILES string of the molecule is Cc1c(-c2cc3ccccc3n2CC2CC2)sc2cc(C(=O)N3CCCC(N)C3)cc(CCO)c12. The number of hydrogen-bond acceptors (Lipinski definition) is 4. The van der Waals surface area contributed by atoms with Crippen molar-refractivity contribution in [2.24, 2.45) is 11.7 Å². The molecule has 1 atom stereocenters. The summed E-state index contributed by atoms with van der Waals surface area (Å²) in [5.41, 5.74) is 11.7. The molecule has 5 nitrogen and oxygen atoms in total. The number of benzene rings is 2. The number of hydrogen-bond donors (Lipinski definition) is 2. The zero-order valence-corrected chi connectivity index (χ0v) is 21.1. The second-order valence-electron chi connectivity index (χ2n) is 10.3. The normalized spacial score (nSPS) is 18.6. The Morgan fingerprint density at radius 3 is 2.77 bits per heavy atom. The molecule has 0 radical (unpaired) electrons. The van der Waals surface area contributed by atoms with E-state index in [1.807, 2.05) is 11.0 Å². The van der Waals surface area contributed by atoms with Crippen LogP contribution in [0.2, 0.25) is 0 Å². The number of thiophene rings is 1. The highest BCUT2D eigenvalue weighted by atomic mass is 32.1. The monoisotopic (exact) mass is 487 g/mol. The van der Waals surface area contributed by atoms with Crippen LogP contribution in [0.4, 0.5) is 0 Å². The average Bonchev–Trinajstić information content (AvgIpc) is 3.52. The summed E-state index contributed by atoms with van der Waals surface area (Å²) >= 11 is 1.77. The molecule has 182 valence electrons. The van der Waals surface area contributed by atoms with Gasteiger partial charge in [-0.25, -0.2) is 0 Å². The summed E-state index contributed by atoms with van der Waals surface area (Å²) in [7, 11) is 0. The Labute approximate surface area is 210 Å². The molecule has 3 heterocycles. The van der Waals surface area contributed by atoms with Crippen molar-refractivity contribution < 1.29 is 9.90 Å². The Bertz CT molecular complexity index is 1410. The minimum absolute atomic E-state index is 0.0525. The maximum Gasteiger partial charge on any atom is 0.253 e. The number of carbonyl (C=O) groups is 1. The van der Waals surface area contributed by atoms with Gasteiger partial charge in [-0.15, -0.1) is 11.3 Å². The highest BCUT2D eigenvalue weighted by Crippen LogP contribution is 2.43. The van der Waals surface area contributed by atoms with E-state index in [1.165, 1.54) is 45.3 Å². The summed E-state index contributed by atoms with van der Waals surface area (Å²) in [6.07, 6.45) is 5.08. The average molecular weight is 488 g/mol. The Hall–Kier alpha value is -2.67. The number of rotatable bonds is 6. The smallest absolute Gasteiger partial charge is 0.253 e. The number of nitrogens with zero attached hydrogens (tertiary/aromatic N) is 2. The van der Waals surface area contributed by atoms with Gasteiger partial charge < -0.3 is 20.3 Å². The maximum absolute atomic E-state index is 13.4. The van der Waals surface area contributed by atoms with Crippen molar-refractivity contribution in [2.45, 2.75) is 51.6 Å². The third-order valence-corrected chi connectivity index (χ3v) is 8.93. The Morgan fingerprint density at radius 1 is 1.17 bits per heavy atom. The first kappa shape index (κ1) is 22.8. The molecule has 2 fully saturated rings. The molecule has 2 aromatic heterocycles. The van der Waals surface area contributed by atoms with E-state index in [4.69, 9.17) is 5.73 Å². The van der Waals surface area contributed by atoms with Crippen molar-refractivity contribution >= 4 is 38.2 Å². The van der Waals surface area contributed by atoms with Crippen LogP contribution >= 0.6 is 11.3 Å². The minimum atomic E-state index is 0.0525. The molecule has 3 N–H and O–H groups in total. The molecule has 1 aliphatic carbocycles. The van der Waals surface area contributed by atoms with Gasteiger partial charge in [0.15, 0.2) is 0 Å². The lowest BCUT2D eigenvalue weighted by Gasteiger charge is -2.31. The van der Waals surface area contributed by atoms with Crippen molar-refractivity contribution in [3.8, 4) is 10.6 Å². The van der Waals surface area contributed by atoms with Gasteiger partial charge in [-0.1, -0.05) is 18.2 Å². The number of amides is 1. The fraction of sp³-hybridized carbons (Fsp3) is 0.414. The number of likely N-dealkylation sites (tertiary alicyclic amines) is 1. The third kappa shape index (κ3) is 4.18. The van der Waals surface area contributed by atoms with Crippen LogP contribution in [0.1, 0.15) is 47.2 Å². The molecular weight excluding hydrogens is 454 g/mol. The molecule has 35 heavy (non-hydrogen) atoms. The van der Waals surface area contributed by atoms with Gasteiger partial charge in [0, 0.05) is 53.4 Å². The summed E-state index contributed by atoms with van der Waals surface area (Å²) in [5, 5.41) is 12.3. The van der Waals surface area contributed by atoms with Crippen LogP contribution in [-0.2, 0) is 13.0 Å². The zero-order valence-electron chi connectivity index (χ0n) is 20.3. The van der Waals surface area contributed by atoms with Gasteiger partial charge in [0.2, 0.25) is 0 Å². The van der Waals surface area contributed by atoms with Crippen molar-refractivity contribution in [3.63, 3.8) is 0 Å². The molecule has 2 aromatic carbocycles. The molecule has 6 heteroatoms. The first-order valence-corrected chi connectivity index (χ1v) is 13.7. The van der Waals surface area contributed by atoms with Crippen LogP contribution in [0.3, 0.4) is 0 Å². The second kappa shape index (κ2) is 9.08. The van der Waals surface area contributed by atoms with Gasteiger partial charge in [0.05, 0.1) is 10.6 Å². The first-order chi connectivity index (χ1) is 17.0. The van der Waals surface area contributed by atoms with E-state index < -0.39 is 0 Å². The summed E-state index contributed by atoms with van der Waals surface area (Å²) in [5.74, 6) is 0.820. The van der Waals surface area contributed by atoms with Gasteiger partial charge in [0.25, 0.3) is 5.91 Å². The molecule has 1 amide bonds. The summed E-state index contributed by atoms with van der Waals surface area (Å²) < 4.78 is 3.62. The van der Waals surface area contributed by atoms with Crippen LogP contribution in [0.15, 0.2) is 42.5 Å². The lowest BCUT2D eigenvalue weighted by molar-refractivity contribution is 0.0709. The topological polar surface area (TPSA) is 71.5 Å². The van der Waals surface area contributed by atoms with E-state index in [0.717, 1.165) is 42.1 Å². The summed E-state index contributed by atoms with van der Waals surface area (Å²) in [4.78, 5) is 16.6. The number of nitrogens with two attached hydrogens (primary N) is 1. The maximum atomic E-state index is 13.4. The van der Waals surface area contributed by atoms with Gasteiger partial charge in [-0.2, -0.15) is 0 Å². The molecule has 0 bridgehead atoms. The standard InChI is InChI=1S/C29H33N3O2S/c1-18-27-21(10-12-33)13-22(29(34)31-11-4-6-23(30)17-31)15-26(27)35-28(18)25-14-20-5-2-3-7-24(20)32(25)16-19-8-9-19/h2-3,5,7,13-15,19,23,33H,4,6,8-12,16-17,30H2,1H3. The van der Waals surface area contributed by atoms with E-state index in [-0.39, 0.29) is 18.6 Å². The fourth-order valence-corrected chi connectivity index (χ4v) is 7.02. The van der Waals surface area contributed by atoms with Crippen molar-refractivity contribution in [1.29, 1.82) is 0 Å². The largest absolute Gasteiger partial charge is 0.396 e. The van der Waals surface area contributed by atoms with E-state index in [1.54, 1.807) is 11.3 Å². The Kier molecular flexibility index (Phi) is 5.91. The van der Waals surface area contributed by atoms with Crippen LogP contribution < -0.4 is 5.73 Å². The van der Waals surface area contributed by atoms with E-state index in [9.17, 15) is 9.90 Å². The molecule has 0 spiro atoms. The van der Waals surface area contributed by atoms with Gasteiger partial charge >= 0.3 is 0 Å². The number of para-hydroxylation sites is 1. The number of carbonyl (C=O) groups excluding carboxylic acids is 1. The predicted molar refractivity (Wildman–Crippen MR) is 144 cm³/mol. The third-order valence-electron chi connectivity index (χ3n) is 7.67. The van der Waals surface area contributed by atoms with E-state index in [2.05, 4.69) is 47.9 Å². The Morgan fingerprint density at radius 2 is 2.00 bits per heavy atom. The molecule has 1 aliphatic heterocycles. The molecule has 2 aliphatic rings. The molecular formula is C29H33N3O2S. The van der Waals surface area contributed by atoms with Crippen LogP contribution in [0.25, 0.3) is 31.6 Å². The molecule has 4 aromatic rings. The molecule has 1 saturated heterocycles. The summed E-state index contributed by atoms with van der Waals surface area (Å²) in [6, 6.07) is 15.1. The zero-order chi connectivity index (χ0) is 24.1. The number of aliphatic hydroxyl groups excluding tert-OH is 1. The van der Waals surface area contributed by atoms with Crippen LogP contribution in [-0.4, -0.2) is 46.2 Å². The fourth-order valence-electron chi connectivity index (χ4n) is 5.70. The number of fused-ring (bicyclic) bond motifs is 2. The minimum Gasteiger partial charge on any atom is -0.396 e.